The van der Waals surface area contributed by atoms with Crippen molar-refractivity contribution in [3.05, 3.63) is 35.4 Å². The molecule has 3 heteroatoms. The highest BCUT2D eigenvalue weighted by molar-refractivity contribution is 5.22. The third-order valence-electron chi connectivity index (χ3n) is 3.68. The van der Waals surface area contributed by atoms with Crippen LogP contribution in [0.5, 0.6) is 0 Å². The average Bonchev–Trinajstić information content (AvgIpc) is 2.42. The first kappa shape index (κ1) is 14.5. The van der Waals surface area contributed by atoms with Gasteiger partial charge in [0.05, 0.1) is 6.61 Å². The Bertz CT molecular complexity index is 358. The van der Waals surface area contributed by atoms with Crippen LogP contribution in [-0.2, 0) is 17.8 Å². The van der Waals surface area contributed by atoms with E-state index in [1.807, 2.05) is 7.05 Å². The average molecular weight is 262 g/mol. The first-order chi connectivity index (χ1) is 9.28. The molecule has 1 atom stereocenters. The van der Waals surface area contributed by atoms with Crippen molar-refractivity contribution in [2.45, 2.75) is 25.9 Å². The van der Waals surface area contributed by atoms with Gasteiger partial charge in [-0.2, -0.15) is 0 Å². The van der Waals surface area contributed by atoms with E-state index >= 15 is 0 Å². The van der Waals surface area contributed by atoms with Crippen LogP contribution in [0.4, 0.5) is 0 Å². The maximum absolute atomic E-state index is 5.54. The molecule has 2 rings (SSSR count). The molecule has 1 unspecified atom stereocenters. The molecule has 1 N–H and O–H groups in total. The Hall–Kier alpha value is -0.900. The van der Waals surface area contributed by atoms with Crippen molar-refractivity contribution >= 4 is 0 Å². The summed E-state index contributed by atoms with van der Waals surface area (Å²) in [6.45, 7) is 4.99. The van der Waals surface area contributed by atoms with Gasteiger partial charge in [0.25, 0.3) is 0 Å². The molecular weight excluding hydrogens is 236 g/mol. The lowest BCUT2D eigenvalue weighted by Gasteiger charge is -2.27. The number of ether oxygens (including phenoxy) is 1. The van der Waals surface area contributed by atoms with Gasteiger partial charge in [-0.3, -0.25) is 0 Å². The molecule has 0 saturated carbocycles. The second-order valence-electron chi connectivity index (χ2n) is 5.63. The Morgan fingerprint density at radius 3 is 2.63 bits per heavy atom. The summed E-state index contributed by atoms with van der Waals surface area (Å²) in [5.74, 6) is 0.710. The van der Waals surface area contributed by atoms with E-state index in [1.54, 1.807) is 0 Å². The molecule has 1 aliphatic heterocycles. The third kappa shape index (κ3) is 4.94. The molecule has 1 aromatic rings. The molecule has 0 spiro atoms. The van der Waals surface area contributed by atoms with Crippen LogP contribution >= 0.6 is 0 Å². The summed E-state index contributed by atoms with van der Waals surface area (Å²) in [5.41, 5.74) is 2.73. The van der Waals surface area contributed by atoms with Gasteiger partial charge in [0.2, 0.25) is 0 Å². The summed E-state index contributed by atoms with van der Waals surface area (Å²) in [4.78, 5) is 2.41. The molecule has 0 amide bonds. The monoisotopic (exact) mass is 262 g/mol. The Balaban J connectivity index is 1.78. The molecule has 1 saturated heterocycles. The topological polar surface area (TPSA) is 24.5 Å². The van der Waals surface area contributed by atoms with Gasteiger partial charge in [0.1, 0.15) is 0 Å². The van der Waals surface area contributed by atoms with E-state index in [2.05, 4.69) is 41.5 Å². The van der Waals surface area contributed by atoms with Crippen LogP contribution in [0.3, 0.4) is 0 Å². The molecule has 1 heterocycles. The smallest absolute Gasteiger partial charge is 0.0506 e. The quantitative estimate of drug-likeness (QED) is 0.851. The van der Waals surface area contributed by atoms with Crippen molar-refractivity contribution in [2.24, 2.45) is 5.92 Å². The number of hydrogen-bond acceptors (Lipinski definition) is 3. The molecule has 1 aromatic carbocycles. The predicted molar refractivity (Wildman–Crippen MR) is 79.1 cm³/mol. The van der Waals surface area contributed by atoms with E-state index < -0.39 is 0 Å². The second-order valence-corrected chi connectivity index (χ2v) is 5.63. The van der Waals surface area contributed by atoms with Gasteiger partial charge < -0.3 is 15.0 Å². The lowest BCUT2D eigenvalue weighted by Crippen LogP contribution is -2.30. The lowest BCUT2D eigenvalue weighted by atomic mass is 10.0. The molecule has 19 heavy (non-hydrogen) atoms. The third-order valence-corrected chi connectivity index (χ3v) is 3.68. The summed E-state index contributed by atoms with van der Waals surface area (Å²) < 4.78 is 5.54. The van der Waals surface area contributed by atoms with Gasteiger partial charge in [-0.1, -0.05) is 24.3 Å². The Labute approximate surface area is 116 Å². The zero-order valence-electron chi connectivity index (χ0n) is 12.2. The number of hydrogen-bond donors (Lipinski definition) is 1. The highest BCUT2D eigenvalue weighted by Gasteiger charge is 2.15. The summed E-state index contributed by atoms with van der Waals surface area (Å²) in [7, 11) is 4.18. The normalized spacial score (nSPS) is 19.8. The van der Waals surface area contributed by atoms with Gasteiger partial charge >= 0.3 is 0 Å². The summed E-state index contributed by atoms with van der Waals surface area (Å²) in [5, 5.41) is 3.17. The number of nitrogens with zero attached hydrogens (tertiary/aromatic N) is 1. The van der Waals surface area contributed by atoms with Crippen molar-refractivity contribution in [2.75, 3.05) is 33.9 Å². The fraction of sp³-hybridized carbons (Fsp3) is 0.625. The van der Waals surface area contributed by atoms with E-state index in [4.69, 9.17) is 4.74 Å². The van der Waals surface area contributed by atoms with E-state index in [0.29, 0.717) is 5.92 Å². The van der Waals surface area contributed by atoms with Crippen molar-refractivity contribution < 1.29 is 4.74 Å². The highest BCUT2D eigenvalue weighted by atomic mass is 16.5. The number of nitrogens with one attached hydrogen (secondary N) is 1. The van der Waals surface area contributed by atoms with Gasteiger partial charge in [-0.05, 0) is 44.0 Å². The number of rotatable bonds is 6. The van der Waals surface area contributed by atoms with E-state index in [-0.39, 0.29) is 0 Å². The van der Waals surface area contributed by atoms with E-state index in [0.717, 1.165) is 32.8 Å². The van der Waals surface area contributed by atoms with Crippen LogP contribution in [0.25, 0.3) is 0 Å². The summed E-state index contributed by atoms with van der Waals surface area (Å²) >= 11 is 0. The standard InChI is InChI=1S/C16H26N2O/c1-17-10-14-5-7-15(8-6-14)11-18(2)12-16-4-3-9-19-13-16/h5-8,16-17H,3-4,9-13H2,1-2H3. The fourth-order valence-corrected chi connectivity index (χ4v) is 2.74. The van der Waals surface area contributed by atoms with Gasteiger partial charge in [-0.15, -0.1) is 0 Å². The minimum atomic E-state index is 0.710. The Morgan fingerprint density at radius 2 is 2.00 bits per heavy atom. The maximum atomic E-state index is 5.54. The second kappa shape index (κ2) is 7.63. The van der Waals surface area contributed by atoms with Crippen LogP contribution in [0.15, 0.2) is 24.3 Å². The van der Waals surface area contributed by atoms with E-state index in [9.17, 15) is 0 Å². The molecule has 1 fully saturated rings. The maximum Gasteiger partial charge on any atom is 0.0506 e. The predicted octanol–water partition coefficient (Wildman–Crippen LogP) is 2.26. The molecule has 0 bridgehead atoms. The van der Waals surface area contributed by atoms with Crippen LogP contribution < -0.4 is 5.32 Å². The zero-order chi connectivity index (χ0) is 13.5. The Morgan fingerprint density at radius 1 is 1.26 bits per heavy atom. The minimum Gasteiger partial charge on any atom is -0.381 e. The van der Waals surface area contributed by atoms with Crippen LogP contribution in [0, 0.1) is 5.92 Å². The minimum absolute atomic E-state index is 0.710. The lowest BCUT2D eigenvalue weighted by molar-refractivity contribution is 0.0411. The van der Waals surface area contributed by atoms with Crippen LogP contribution in [-0.4, -0.2) is 38.8 Å². The summed E-state index contributed by atoms with van der Waals surface area (Å²) in [6.07, 6.45) is 2.53. The first-order valence-corrected chi connectivity index (χ1v) is 7.26. The van der Waals surface area contributed by atoms with Crippen LogP contribution in [0.1, 0.15) is 24.0 Å². The first-order valence-electron chi connectivity index (χ1n) is 7.26. The van der Waals surface area contributed by atoms with Crippen molar-refractivity contribution in [3.8, 4) is 0 Å². The fourth-order valence-electron chi connectivity index (χ4n) is 2.74. The molecule has 3 nitrogen and oxygen atoms in total. The largest absolute Gasteiger partial charge is 0.381 e. The van der Waals surface area contributed by atoms with E-state index in [1.165, 1.54) is 24.0 Å². The van der Waals surface area contributed by atoms with Crippen molar-refractivity contribution in [3.63, 3.8) is 0 Å². The molecular formula is C16H26N2O. The molecule has 0 aromatic heterocycles. The molecule has 1 aliphatic rings. The summed E-state index contributed by atoms with van der Waals surface area (Å²) in [6, 6.07) is 8.90. The zero-order valence-corrected chi connectivity index (χ0v) is 12.2. The van der Waals surface area contributed by atoms with Gasteiger partial charge in [0.15, 0.2) is 0 Å². The van der Waals surface area contributed by atoms with Gasteiger partial charge in [0, 0.05) is 26.2 Å². The number of benzene rings is 1. The van der Waals surface area contributed by atoms with Crippen molar-refractivity contribution in [1.29, 1.82) is 0 Å². The molecule has 0 radical (unpaired) electrons. The Kier molecular flexibility index (Phi) is 5.83. The van der Waals surface area contributed by atoms with Crippen LogP contribution in [0.2, 0.25) is 0 Å². The van der Waals surface area contributed by atoms with Gasteiger partial charge in [-0.25, -0.2) is 0 Å². The highest BCUT2D eigenvalue weighted by Crippen LogP contribution is 2.15. The van der Waals surface area contributed by atoms with Crippen molar-refractivity contribution in [1.82, 2.24) is 10.2 Å². The molecule has 106 valence electrons. The SMILES string of the molecule is CNCc1ccc(CN(C)CC2CCCOC2)cc1. The molecule has 0 aliphatic carbocycles.